The van der Waals surface area contributed by atoms with E-state index in [1.807, 2.05) is 6.92 Å². The highest BCUT2D eigenvalue weighted by Gasteiger charge is 2.28. The number of amides is 1. The summed E-state index contributed by atoms with van der Waals surface area (Å²) >= 11 is 0. The van der Waals surface area contributed by atoms with Crippen molar-refractivity contribution in [3.05, 3.63) is 0 Å². The van der Waals surface area contributed by atoms with Crippen LogP contribution in [-0.2, 0) is 9.53 Å². The normalized spacial score (nSPS) is 29.2. The van der Waals surface area contributed by atoms with E-state index in [4.69, 9.17) is 9.84 Å². The number of hydrogen-bond acceptors (Lipinski definition) is 3. The first-order valence-corrected chi connectivity index (χ1v) is 4.64. The Morgan fingerprint density at radius 3 is 2.77 bits per heavy atom. The predicted octanol–water partition coefficient (Wildman–Crippen LogP) is 0.0509. The summed E-state index contributed by atoms with van der Waals surface area (Å²) < 4.78 is 5.44. The Morgan fingerprint density at radius 2 is 2.31 bits per heavy atom. The SMILES string of the molecule is CC(=O)N[C@@H](C)CO[C@H]1C[C@@H](O)C1. The molecule has 0 aliphatic heterocycles. The molecule has 76 valence electrons. The molecule has 13 heavy (non-hydrogen) atoms. The predicted molar refractivity (Wildman–Crippen MR) is 48.3 cm³/mol. The molecule has 2 N–H and O–H groups in total. The zero-order valence-corrected chi connectivity index (χ0v) is 8.12. The van der Waals surface area contributed by atoms with Crippen molar-refractivity contribution < 1.29 is 14.6 Å². The Balaban J connectivity index is 2.02. The second-order valence-electron chi connectivity index (χ2n) is 3.68. The van der Waals surface area contributed by atoms with Crippen LogP contribution in [0.3, 0.4) is 0 Å². The Morgan fingerprint density at radius 1 is 1.69 bits per heavy atom. The van der Waals surface area contributed by atoms with Gasteiger partial charge in [-0.3, -0.25) is 4.79 Å². The van der Waals surface area contributed by atoms with Crippen LogP contribution in [0.15, 0.2) is 0 Å². The molecule has 0 aromatic heterocycles. The van der Waals surface area contributed by atoms with Crippen molar-refractivity contribution in [2.24, 2.45) is 0 Å². The van der Waals surface area contributed by atoms with E-state index in [2.05, 4.69) is 5.32 Å². The van der Waals surface area contributed by atoms with Crippen LogP contribution in [0.1, 0.15) is 26.7 Å². The number of aliphatic hydroxyl groups is 1. The van der Waals surface area contributed by atoms with E-state index in [1.165, 1.54) is 6.92 Å². The molecule has 1 saturated carbocycles. The van der Waals surface area contributed by atoms with Crippen LogP contribution in [0, 0.1) is 0 Å². The van der Waals surface area contributed by atoms with E-state index in [0.717, 1.165) is 12.8 Å². The number of rotatable bonds is 4. The average molecular weight is 187 g/mol. The maximum Gasteiger partial charge on any atom is 0.217 e. The monoisotopic (exact) mass is 187 g/mol. The van der Waals surface area contributed by atoms with E-state index < -0.39 is 0 Å². The van der Waals surface area contributed by atoms with Crippen molar-refractivity contribution in [1.29, 1.82) is 0 Å². The van der Waals surface area contributed by atoms with Crippen LogP contribution >= 0.6 is 0 Å². The maximum atomic E-state index is 10.6. The second-order valence-corrected chi connectivity index (χ2v) is 3.68. The summed E-state index contributed by atoms with van der Waals surface area (Å²) in [5.41, 5.74) is 0. The lowest BCUT2D eigenvalue weighted by Crippen LogP contribution is -2.40. The van der Waals surface area contributed by atoms with Crippen LogP contribution in [-0.4, -0.2) is 35.9 Å². The summed E-state index contributed by atoms with van der Waals surface area (Å²) in [4.78, 5) is 10.6. The minimum atomic E-state index is -0.180. The van der Waals surface area contributed by atoms with Gasteiger partial charge < -0.3 is 15.2 Å². The molecule has 1 atom stereocenters. The van der Waals surface area contributed by atoms with E-state index >= 15 is 0 Å². The van der Waals surface area contributed by atoms with Gasteiger partial charge in [0.2, 0.25) is 5.91 Å². The molecule has 0 bridgehead atoms. The van der Waals surface area contributed by atoms with Crippen molar-refractivity contribution in [3.8, 4) is 0 Å². The minimum Gasteiger partial charge on any atom is -0.393 e. The second kappa shape index (κ2) is 4.58. The number of carbonyl (C=O) groups is 1. The maximum absolute atomic E-state index is 10.6. The van der Waals surface area contributed by atoms with Gasteiger partial charge in [-0.2, -0.15) is 0 Å². The topological polar surface area (TPSA) is 58.6 Å². The van der Waals surface area contributed by atoms with Gasteiger partial charge >= 0.3 is 0 Å². The molecule has 1 amide bonds. The summed E-state index contributed by atoms with van der Waals surface area (Å²) in [6, 6.07) is 0.0512. The van der Waals surface area contributed by atoms with Crippen LogP contribution in [0.2, 0.25) is 0 Å². The molecule has 0 aromatic rings. The van der Waals surface area contributed by atoms with Gasteiger partial charge in [0.05, 0.1) is 18.8 Å². The molecule has 1 fully saturated rings. The van der Waals surface area contributed by atoms with Crippen molar-refractivity contribution in [2.75, 3.05) is 6.61 Å². The third-order valence-corrected chi connectivity index (χ3v) is 2.10. The zero-order valence-electron chi connectivity index (χ0n) is 8.12. The van der Waals surface area contributed by atoms with Gasteiger partial charge in [0.25, 0.3) is 0 Å². The summed E-state index contributed by atoms with van der Waals surface area (Å²) in [5.74, 6) is -0.0373. The fourth-order valence-corrected chi connectivity index (χ4v) is 1.34. The number of carbonyl (C=O) groups excluding carboxylic acids is 1. The zero-order chi connectivity index (χ0) is 9.84. The standard InChI is InChI=1S/C9H17NO3/c1-6(10-7(2)11)5-13-9-3-8(12)4-9/h6,8-9,12H,3-5H2,1-2H3,(H,10,11)/t6-,8-,9+/m0/s1. The fraction of sp³-hybridized carbons (Fsp3) is 0.889. The third-order valence-electron chi connectivity index (χ3n) is 2.10. The van der Waals surface area contributed by atoms with Gasteiger partial charge in [0.15, 0.2) is 0 Å². The summed E-state index contributed by atoms with van der Waals surface area (Å²) in [6.07, 6.45) is 1.46. The van der Waals surface area contributed by atoms with E-state index in [9.17, 15) is 4.79 Å². The Labute approximate surface area is 78.3 Å². The van der Waals surface area contributed by atoms with Gasteiger partial charge in [0.1, 0.15) is 0 Å². The van der Waals surface area contributed by atoms with E-state index in [-0.39, 0.29) is 24.2 Å². The van der Waals surface area contributed by atoms with Gasteiger partial charge in [0, 0.05) is 13.0 Å². The lowest BCUT2D eigenvalue weighted by atomic mass is 9.92. The first-order valence-electron chi connectivity index (χ1n) is 4.64. The van der Waals surface area contributed by atoms with Crippen molar-refractivity contribution in [3.63, 3.8) is 0 Å². The van der Waals surface area contributed by atoms with Crippen LogP contribution in [0.25, 0.3) is 0 Å². The Bertz CT molecular complexity index is 178. The fourth-order valence-electron chi connectivity index (χ4n) is 1.34. The molecule has 1 rings (SSSR count). The molecular weight excluding hydrogens is 170 g/mol. The first-order chi connectivity index (χ1) is 6.08. The molecule has 4 nitrogen and oxygen atoms in total. The third kappa shape index (κ3) is 3.74. The lowest BCUT2D eigenvalue weighted by molar-refractivity contribution is -0.121. The summed E-state index contributed by atoms with van der Waals surface area (Å²) in [7, 11) is 0. The molecule has 1 aliphatic carbocycles. The Kier molecular flexibility index (Phi) is 3.69. The quantitative estimate of drug-likeness (QED) is 0.654. The number of aliphatic hydroxyl groups excluding tert-OH is 1. The van der Waals surface area contributed by atoms with Gasteiger partial charge in [-0.15, -0.1) is 0 Å². The van der Waals surface area contributed by atoms with Gasteiger partial charge in [-0.05, 0) is 19.8 Å². The average Bonchev–Trinajstić information content (AvgIpc) is 1.94. The Hall–Kier alpha value is -0.610. The van der Waals surface area contributed by atoms with E-state index in [0.29, 0.717) is 6.61 Å². The number of ether oxygens (including phenoxy) is 1. The van der Waals surface area contributed by atoms with Crippen molar-refractivity contribution >= 4 is 5.91 Å². The highest BCUT2D eigenvalue weighted by atomic mass is 16.5. The summed E-state index contributed by atoms with van der Waals surface area (Å²) in [5, 5.41) is 11.7. The van der Waals surface area contributed by atoms with E-state index in [1.54, 1.807) is 0 Å². The molecule has 0 unspecified atom stereocenters. The van der Waals surface area contributed by atoms with Gasteiger partial charge in [-0.1, -0.05) is 0 Å². The smallest absolute Gasteiger partial charge is 0.217 e. The molecule has 0 radical (unpaired) electrons. The molecule has 1 aliphatic rings. The molecule has 0 saturated heterocycles. The molecule has 4 heteroatoms. The highest BCUT2D eigenvalue weighted by molar-refractivity contribution is 5.73. The van der Waals surface area contributed by atoms with Crippen LogP contribution in [0.5, 0.6) is 0 Å². The molecule has 0 heterocycles. The lowest BCUT2D eigenvalue weighted by Gasteiger charge is -2.32. The minimum absolute atomic E-state index is 0.0373. The largest absolute Gasteiger partial charge is 0.393 e. The highest BCUT2D eigenvalue weighted by Crippen LogP contribution is 2.22. The van der Waals surface area contributed by atoms with Gasteiger partial charge in [-0.25, -0.2) is 0 Å². The molecule has 0 aromatic carbocycles. The first kappa shape index (κ1) is 10.5. The molecule has 0 spiro atoms. The number of hydrogen-bond donors (Lipinski definition) is 2. The molecular formula is C9H17NO3. The van der Waals surface area contributed by atoms with Crippen molar-refractivity contribution in [2.45, 2.75) is 44.9 Å². The number of nitrogens with one attached hydrogen (secondary N) is 1. The van der Waals surface area contributed by atoms with Crippen molar-refractivity contribution in [1.82, 2.24) is 5.32 Å². The summed E-state index contributed by atoms with van der Waals surface area (Å²) in [6.45, 7) is 3.91. The van der Waals surface area contributed by atoms with Crippen LogP contribution in [0.4, 0.5) is 0 Å². The van der Waals surface area contributed by atoms with Crippen LogP contribution < -0.4 is 5.32 Å².